The maximum absolute atomic E-state index is 13.3. The Bertz CT molecular complexity index is 405. The summed E-state index contributed by atoms with van der Waals surface area (Å²) in [5, 5.41) is 12.1. The Hall–Kier alpha value is -1.56. The largest absolute Gasteiger partial charge is 0.379 e. The van der Waals surface area contributed by atoms with Gasteiger partial charge in [0.1, 0.15) is 17.4 Å². The van der Waals surface area contributed by atoms with Crippen LogP contribution in [0.25, 0.3) is 0 Å². The van der Waals surface area contributed by atoms with Gasteiger partial charge in [0.25, 0.3) is 0 Å². The summed E-state index contributed by atoms with van der Waals surface area (Å²) in [4.78, 5) is 0. The molecule has 0 saturated carbocycles. The zero-order valence-corrected chi connectivity index (χ0v) is 9.97. The highest BCUT2D eigenvalue weighted by molar-refractivity contribution is 5.59. The summed E-state index contributed by atoms with van der Waals surface area (Å²) in [7, 11) is 0. The molecule has 0 fully saturated rings. The standard InChI is InChI=1S/C13H17FN2/c1-4-8-13(2,3)16-12-7-5-6-11(14)10(12)9-15/h5-7,16H,4,8H2,1-3H3. The van der Waals surface area contributed by atoms with Gasteiger partial charge >= 0.3 is 0 Å². The van der Waals surface area contributed by atoms with Crippen molar-refractivity contribution in [3.8, 4) is 6.07 Å². The first-order valence-corrected chi connectivity index (χ1v) is 5.47. The Kier molecular flexibility index (Phi) is 3.89. The number of nitrogens with zero attached hydrogens (tertiary/aromatic N) is 1. The van der Waals surface area contributed by atoms with Gasteiger partial charge in [0.15, 0.2) is 0 Å². The summed E-state index contributed by atoms with van der Waals surface area (Å²) >= 11 is 0. The molecule has 3 heteroatoms. The van der Waals surface area contributed by atoms with E-state index in [1.807, 2.05) is 19.9 Å². The maximum Gasteiger partial charge on any atom is 0.143 e. The van der Waals surface area contributed by atoms with E-state index in [0.717, 1.165) is 12.8 Å². The van der Waals surface area contributed by atoms with Crippen molar-refractivity contribution in [2.45, 2.75) is 39.2 Å². The van der Waals surface area contributed by atoms with E-state index in [0.29, 0.717) is 5.69 Å². The van der Waals surface area contributed by atoms with Gasteiger partial charge in [-0.15, -0.1) is 0 Å². The lowest BCUT2D eigenvalue weighted by Crippen LogP contribution is -2.30. The SMILES string of the molecule is CCCC(C)(C)Nc1cccc(F)c1C#N. The van der Waals surface area contributed by atoms with E-state index >= 15 is 0 Å². The van der Waals surface area contributed by atoms with Crippen molar-refractivity contribution in [2.24, 2.45) is 0 Å². The lowest BCUT2D eigenvalue weighted by Gasteiger charge is -2.27. The summed E-state index contributed by atoms with van der Waals surface area (Å²) in [6.07, 6.45) is 2.01. The van der Waals surface area contributed by atoms with Crippen LogP contribution in [0, 0.1) is 17.1 Å². The molecule has 16 heavy (non-hydrogen) atoms. The van der Waals surface area contributed by atoms with Crippen LogP contribution < -0.4 is 5.32 Å². The molecule has 0 aromatic heterocycles. The van der Waals surface area contributed by atoms with Crippen LogP contribution in [0.5, 0.6) is 0 Å². The second-order valence-corrected chi connectivity index (χ2v) is 4.53. The molecule has 0 aliphatic heterocycles. The number of hydrogen-bond acceptors (Lipinski definition) is 2. The van der Waals surface area contributed by atoms with Crippen LogP contribution in [-0.2, 0) is 0 Å². The molecule has 1 aromatic rings. The van der Waals surface area contributed by atoms with Crippen LogP contribution in [0.2, 0.25) is 0 Å². The fourth-order valence-electron chi connectivity index (χ4n) is 1.79. The Labute approximate surface area is 96.1 Å². The highest BCUT2D eigenvalue weighted by atomic mass is 19.1. The minimum Gasteiger partial charge on any atom is -0.379 e. The van der Waals surface area contributed by atoms with Crippen LogP contribution in [0.15, 0.2) is 18.2 Å². The first kappa shape index (κ1) is 12.5. The molecule has 0 aliphatic rings. The molecule has 0 atom stereocenters. The van der Waals surface area contributed by atoms with Gasteiger partial charge in [0, 0.05) is 5.54 Å². The quantitative estimate of drug-likeness (QED) is 0.840. The van der Waals surface area contributed by atoms with E-state index in [-0.39, 0.29) is 11.1 Å². The first-order chi connectivity index (χ1) is 7.50. The Balaban J connectivity index is 2.98. The smallest absolute Gasteiger partial charge is 0.143 e. The lowest BCUT2D eigenvalue weighted by atomic mass is 9.98. The molecule has 1 N–H and O–H groups in total. The van der Waals surface area contributed by atoms with Crippen molar-refractivity contribution in [1.82, 2.24) is 0 Å². The molecule has 1 aromatic carbocycles. The minimum atomic E-state index is -0.472. The predicted octanol–water partition coefficient (Wildman–Crippen LogP) is 3.69. The lowest BCUT2D eigenvalue weighted by molar-refractivity contribution is 0.510. The van der Waals surface area contributed by atoms with Crippen LogP contribution in [0.3, 0.4) is 0 Å². The van der Waals surface area contributed by atoms with Crippen LogP contribution in [-0.4, -0.2) is 5.54 Å². The second-order valence-electron chi connectivity index (χ2n) is 4.53. The van der Waals surface area contributed by atoms with Crippen molar-refractivity contribution in [3.05, 3.63) is 29.6 Å². The van der Waals surface area contributed by atoms with Crippen molar-refractivity contribution in [2.75, 3.05) is 5.32 Å². The van der Waals surface area contributed by atoms with Crippen molar-refractivity contribution in [1.29, 1.82) is 5.26 Å². The molecule has 0 heterocycles. The van der Waals surface area contributed by atoms with Crippen molar-refractivity contribution < 1.29 is 4.39 Å². The number of anilines is 1. The zero-order chi connectivity index (χ0) is 12.2. The van der Waals surface area contributed by atoms with E-state index in [9.17, 15) is 4.39 Å². The molecule has 0 saturated heterocycles. The summed E-state index contributed by atoms with van der Waals surface area (Å²) in [5.41, 5.74) is 0.529. The molecule has 0 amide bonds. The van der Waals surface area contributed by atoms with Gasteiger partial charge < -0.3 is 5.32 Å². The van der Waals surface area contributed by atoms with Gasteiger partial charge in [-0.05, 0) is 32.4 Å². The minimum absolute atomic E-state index is 0.0895. The summed E-state index contributed by atoms with van der Waals surface area (Å²) in [6.45, 7) is 6.19. The number of rotatable bonds is 4. The highest BCUT2D eigenvalue weighted by Gasteiger charge is 2.18. The summed E-state index contributed by atoms with van der Waals surface area (Å²) < 4.78 is 13.3. The van der Waals surface area contributed by atoms with Gasteiger partial charge in [-0.3, -0.25) is 0 Å². The van der Waals surface area contributed by atoms with Crippen molar-refractivity contribution >= 4 is 5.69 Å². The molecule has 86 valence electrons. The van der Waals surface area contributed by atoms with Gasteiger partial charge in [-0.25, -0.2) is 4.39 Å². The third-order valence-corrected chi connectivity index (χ3v) is 2.47. The van der Waals surface area contributed by atoms with Gasteiger partial charge in [-0.2, -0.15) is 5.26 Å². The number of benzene rings is 1. The Morgan fingerprint density at radius 2 is 2.12 bits per heavy atom. The van der Waals surface area contributed by atoms with Crippen LogP contribution in [0.1, 0.15) is 39.2 Å². The maximum atomic E-state index is 13.3. The monoisotopic (exact) mass is 220 g/mol. The molecule has 0 radical (unpaired) electrons. The molecule has 0 aliphatic carbocycles. The first-order valence-electron chi connectivity index (χ1n) is 5.47. The molecular weight excluding hydrogens is 203 g/mol. The van der Waals surface area contributed by atoms with Crippen LogP contribution in [0.4, 0.5) is 10.1 Å². The zero-order valence-electron chi connectivity index (χ0n) is 9.97. The Morgan fingerprint density at radius 3 is 2.69 bits per heavy atom. The summed E-state index contributed by atoms with van der Waals surface area (Å²) in [5.74, 6) is -0.472. The van der Waals surface area contributed by atoms with E-state index < -0.39 is 5.82 Å². The fourth-order valence-corrected chi connectivity index (χ4v) is 1.79. The third-order valence-electron chi connectivity index (χ3n) is 2.47. The van der Waals surface area contributed by atoms with E-state index in [1.54, 1.807) is 12.1 Å². The van der Waals surface area contributed by atoms with Gasteiger partial charge in [0.2, 0.25) is 0 Å². The number of nitriles is 1. The van der Waals surface area contributed by atoms with E-state index in [4.69, 9.17) is 5.26 Å². The number of nitrogens with one attached hydrogen (secondary N) is 1. The fraction of sp³-hybridized carbons (Fsp3) is 0.462. The normalized spacial score (nSPS) is 10.9. The molecule has 0 bridgehead atoms. The topological polar surface area (TPSA) is 35.8 Å². The molecule has 2 nitrogen and oxygen atoms in total. The van der Waals surface area contributed by atoms with E-state index in [2.05, 4.69) is 12.2 Å². The molecular formula is C13H17FN2. The van der Waals surface area contributed by atoms with Crippen LogP contribution >= 0.6 is 0 Å². The molecule has 0 spiro atoms. The van der Waals surface area contributed by atoms with Crippen molar-refractivity contribution in [3.63, 3.8) is 0 Å². The average Bonchev–Trinajstić information content (AvgIpc) is 2.17. The second kappa shape index (κ2) is 4.98. The Morgan fingerprint density at radius 1 is 1.44 bits per heavy atom. The molecule has 1 rings (SSSR count). The summed E-state index contributed by atoms with van der Waals surface area (Å²) in [6, 6.07) is 6.54. The van der Waals surface area contributed by atoms with Gasteiger partial charge in [0.05, 0.1) is 5.69 Å². The highest BCUT2D eigenvalue weighted by Crippen LogP contribution is 2.24. The predicted molar refractivity (Wildman–Crippen MR) is 63.7 cm³/mol. The molecule has 0 unspecified atom stereocenters. The average molecular weight is 220 g/mol. The number of halogens is 1. The van der Waals surface area contributed by atoms with E-state index in [1.165, 1.54) is 6.07 Å². The van der Waals surface area contributed by atoms with Gasteiger partial charge in [-0.1, -0.05) is 19.4 Å². The third kappa shape index (κ3) is 2.96. The number of hydrogen-bond donors (Lipinski definition) is 1.